The number of benzene rings is 2. The van der Waals surface area contributed by atoms with E-state index in [0.29, 0.717) is 5.69 Å². The number of aliphatic carboxylic acids is 1. The number of phenolic OH excluding ortho intramolecular Hbond substituents is 1. The molecule has 29 heavy (non-hydrogen) atoms. The van der Waals surface area contributed by atoms with Gasteiger partial charge < -0.3 is 24.3 Å². The summed E-state index contributed by atoms with van der Waals surface area (Å²) in [5, 5.41) is 21.3. The number of carbonyl (C=O) groups is 2. The average molecular weight is 457 g/mol. The van der Waals surface area contributed by atoms with Gasteiger partial charge in [-0.05, 0) is 61.7 Å². The predicted octanol–water partition coefficient (Wildman–Crippen LogP) is 3.47. The van der Waals surface area contributed by atoms with Crippen molar-refractivity contribution in [3.05, 3.63) is 70.3 Å². The Morgan fingerprint density at radius 2 is 1.83 bits per heavy atom. The smallest absolute Gasteiger partial charge is 0.341 e. The second kappa shape index (κ2) is 8.96. The summed E-state index contributed by atoms with van der Waals surface area (Å²) in [6.07, 6.45) is 0.135. The maximum absolute atomic E-state index is 12.0. The first kappa shape index (κ1) is 20.7. The van der Waals surface area contributed by atoms with Gasteiger partial charge in [0.2, 0.25) is 0 Å². The van der Waals surface area contributed by atoms with Crippen molar-refractivity contribution in [2.45, 2.75) is 19.8 Å². The molecule has 1 heterocycles. The number of nitrogens with zero attached hydrogens (tertiary/aromatic N) is 1. The third-order valence-corrected chi connectivity index (χ3v) is 4.95. The van der Waals surface area contributed by atoms with Crippen LogP contribution in [0.5, 0.6) is 5.75 Å². The second-order valence-corrected chi connectivity index (χ2v) is 7.26. The maximum Gasteiger partial charge on any atom is 0.341 e. The van der Waals surface area contributed by atoms with Crippen LogP contribution in [-0.2, 0) is 16.0 Å². The first-order valence-corrected chi connectivity index (χ1v) is 9.87. The Bertz CT molecular complexity index is 1040. The van der Waals surface area contributed by atoms with E-state index in [2.05, 4.69) is 15.9 Å². The topological polar surface area (TPSA) is 91.6 Å². The lowest BCUT2D eigenvalue weighted by molar-refractivity contribution is -0.305. The van der Waals surface area contributed by atoms with Crippen molar-refractivity contribution in [1.82, 2.24) is 4.57 Å². The van der Waals surface area contributed by atoms with Crippen LogP contribution in [0.1, 0.15) is 29.4 Å². The minimum absolute atomic E-state index is 0.0734. The van der Waals surface area contributed by atoms with Crippen LogP contribution in [0.2, 0.25) is 0 Å². The fourth-order valence-electron chi connectivity index (χ4n) is 3.10. The zero-order valence-electron chi connectivity index (χ0n) is 15.7. The fourth-order valence-corrected chi connectivity index (χ4v) is 3.36. The van der Waals surface area contributed by atoms with Crippen LogP contribution < -0.4 is 5.11 Å². The van der Waals surface area contributed by atoms with Crippen molar-refractivity contribution in [1.29, 1.82) is 0 Å². The first-order valence-electron chi connectivity index (χ1n) is 9.07. The van der Waals surface area contributed by atoms with Gasteiger partial charge in [0.1, 0.15) is 11.3 Å². The molecule has 3 aromatic rings. The van der Waals surface area contributed by atoms with Crippen molar-refractivity contribution in [3.8, 4) is 22.7 Å². The number of carbonyl (C=O) groups excluding carboxylic acids is 2. The van der Waals surface area contributed by atoms with Crippen LogP contribution in [0.4, 0.5) is 0 Å². The highest BCUT2D eigenvalue weighted by atomic mass is 79.9. The summed E-state index contributed by atoms with van der Waals surface area (Å²) in [4.78, 5) is 22.9. The van der Waals surface area contributed by atoms with Crippen molar-refractivity contribution in [2.24, 2.45) is 0 Å². The summed E-state index contributed by atoms with van der Waals surface area (Å²) < 4.78 is 7.75. The van der Waals surface area contributed by atoms with Crippen LogP contribution in [0, 0.1) is 0 Å². The van der Waals surface area contributed by atoms with Crippen molar-refractivity contribution >= 4 is 27.9 Å². The Morgan fingerprint density at radius 3 is 2.45 bits per heavy atom. The molecule has 6 nitrogen and oxygen atoms in total. The lowest BCUT2D eigenvalue weighted by Gasteiger charge is -2.16. The van der Waals surface area contributed by atoms with Gasteiger partial charge in [-0.1, -0.05) is 28.1 Å². The van der Waals surface area contributed by atoms with Gasteiger partial charge in [-0.15, -0.1) is 0 Å². The molecule has 1 N–H and O–H groups in total. The normalized spacial score (nSPS) is 10.7. The number of hydrogen-bond acceptors (Lipinski definition) is 5. The molecule has 0 amide bonds. The third-order valence-electron chi connectivity index (χ3n) is 4.42. The maximum atomic E-state index is 12.0. The Morgan fingerprint density at radius 1 is 1.10 bits per heavy atom. The molecule has 0 fully saturated rings. The van der Waals surface area contributed by atoms with Gasteiger partial charge in [-0.2, -0.15) is 0 Å². The molecule has 0 saturated carbocycles. The molecule has 7 heteroatoms. The van der Waals surface area contributed by atoms with Gasteiger partial charge in [0.15, 0.2) is 0 Å². The van der Waals surface area contributed by atoms with E-state index in [1.165, 1.54) is 12.1 Å². The van der Waals surface area contributed by atoms with E-state index in [-0.39, 0.29) is 30.8 Å². The molecular weight excluding hydrogens is 438 g/mol. The summed E-state index contributed by atoms with van der Waals surface area (Å²) in [7, 11) is 0. The largest absolute Gasteiger partial charge is 0.550 e. The van der Waals surface area contributed by atoms with Crippen molar-refractivity contribution < 1.29 is 24.5 Å². The van der Waals surface area contributed by atoms with Gasteiger partial charge in [-0.25, -0.2) is 4.79 Å². The number of halogens is 1. The lowest BCUT2D eigenvalue weighted by Crippen LogP contribution is -2.22. The van der Waals surface area contributed by atoms with Crippen LogP contribution in [0.3, 0.4) is 0 Å². The number of aromatic hydroxyl groups is 1. The SMILES string of the molecule is CCOC(=O)c1ccc(-n2c(CCC(=O)[O-])ccc2-c2ccc(Br)cc2)cc1O. The molecule has 0 atom stereocenters. The van der Waals surface area contributed by atoms with Gasteiger partial charge >= 0.3 is 5.97 Å². The molecule has 0 aliphatic heterocycles. The molecule has 0 radical (unpaired) electrons. The van der Waals surface area contributed by atoms with E-state index in [1.807, 2.05) is 41.0 Å². The molecule has 0 aliphatic rings. The number of phenols is 1. The first-order chi connectivity index (χ1) is 13.9. The van der Waals surface area contributed by atoms with Crippen LogP contribution in [0.15, 0.2) is 59.1 Å². The van der Waals surface area contributed by atoms with Crippen LogP contribution in [-0.4, -0.2) is 28.2 Å². The van der Waals surface area contributed by atoms with E-state index in [4.69, 9.17) is 4.74 Å². The highest BCUT2D eigenvalue weighted by Crippen LogP contribution is 2.31. The molecule has 0 saturated heterocycles. The molecule has 2 aromatic carbocycles. The number of aryl methyl sites for hydroxylation is 1. The third kappa shape index (κ3) is 4.68. The molecule has 0 bridgehead atoms. The van der Waals surface area contributed by atoms with Gasteiger partial charge in [-0.3, -0.25) is 0 Å². The zero-order chi connectivity index (χ0) is 21.0. The van der Waals surface area contributed by atoms with E-state index in [9.17, 15) is 19.8 Å². The highest BCUT2D eigenvalue weighted by Gasteiger charge is 2.17. The minimum Gasteiger partial charge on any atom is -0.550 e. The zero-order valence-corrected chi connectivity index (χ0v) is 17.3. The number of carboxylic acids is 1. The summed E-state index contributed by atoms with van der Waals surface area (Å²) in [5.74, 6) is -1.94. The Balaban J connectivity index is 2.09. The number of esters is 1. The van der Waals surface area contributed by atoms with Gasteiger partial charge in [0, 0.05) is 27.9 Å². The predicted molar refractivity (Wildman–Crippen MR) is 110 cm³/mol. The van der Waals surface area contributed by atoms with Crippen LogP contribution >= 0.6 is 15.9 Å². The van der Waals surface area contributed by atoms with Crippen molar-refractivity contribution in [2.75, 3.05) is 6.61 Å². The number of carboxylic acid groups (broad SMARTS) is 1. The van der Waals surface area contributed by atoms with E-state index < -0.39 is 11.9 Å². The average Bonchev–Trinajstić information content (AvgIpc) is 3.11. The quantitative estimate of drug-likeness (QED) is 0.549. The summed E-state index contributed by atoms with van der Waals surface area (Å²) >= 11 is 3.42. The number of hydrogen-bond donors (Lipinski definition) is 1. The number of aromatic nitrogens is 1. The van der Waals surface area contributed by atoms with Crippen molar-refractivity contribution in [3.63, 3.8) is 0 Å². The molecule has 0 aliphatic carbocycles. The molecule has 0 unspecified atom stereocenters. The van der Waals surface area contributed by atoms with Gasteiger partial charge in [0.05, 0.1) is 12.3 Å². The Labute approximate surface area is 176 Å². The number of ether oxygens (including phenoxy) is 1. The highest BCUT2D eigenvalue weighted by molar-refractivity contribution is 9.10. The Kier molecular flexibility index (Phi) is 6.39. The molecule has 150 valence electrons. The second-order valence-electron chi connectivity index (χ2n) is 6.35. The monoisotopic (exact) mass is 456 g/mol. The fraction of sp³-hybridized carbons (Fsp3) is 0.182. The lowest BCUT2D eigenvalue weighted by atomic mass is 10.1. The summed E-state index contributed by atoms with van der Waals surface area (Å²) in [6, 6.07) is 16.1. The van der Waals surface area contributed by atoms with Crippen LogP contribution in [0.25, 0.3) is 16.9 Å². The number of rotatable bonds is 7. The summed E-state index contributed by atoms with van der Waals surface area (Å²) in [6.45, 7) is 1.90. The standard InChI is InChI=1S/C22H20BrNO5/c1-2-29-22(28)18-10-7-17(13-20(18)25)24-16(9-12-21(26)27)8-11-19(24)14-3-5-15(23)6-4-14/h3-8,10-11,13,25H,2,9,12H2,1H3,(H,26,27)/p-1. The Hall–Kier alpha value is -3.06. The molecule has 1 aromatic heterocycles. The van der Waals surface area contributed by atoms with E-state index in [0.717, 1.165) is 21.4 Å². The summed E-state index contributed by atoms with van der Waals surface area (Å²) in [5.41, 5.74) is 3.17. The molecule has 0 spiro atoms. The molecule has 3 rings (SSSR count). The van der Waals surface area contributed by atoms with E-state index >= 15 is 0 Å². The van der Waals surface area contributed by atoms with E-state index in [1.54, 1.807) is 13.0 Å². The minimum atomic E-state index is -1.14. The van der Waals surface area contributed by atoms with Gasteiger partial charge in [0.25, 0.3) is 0 Å². The molecular formula is C22H19BrNO5-.